The molecule has 0 fully saturated rings. The third kappa shape index (κ3) is 7.54. The number of carbonyl (C=O) groups is 1. The van der Waals surface area contributed by atoms with Crippen molar-refractivity contribution in [1.82, 2.24) is 14.1 Å². The monoisotopic (exact) mass is 570 g/mol. The van der Waals surface area contributed by atoms with Crippen molar-refractivity contribution in [3.63, 3.8) is 0 Å². The van der Waals surface area contributed by atoms with Gasteiger partial charge in [-0.15, -0.1) is 10.1 Å². The van der Waals surface area contributed by atoms with Gasteiger partial charge >= 0.3 is 6.18 Å². The maximum absolute atomic E-state index is 13.4. The number of rotatable bonds is 12. The Morgan fingerprint density at radius 1 is 1.08 bits per heavy atom. The van der Waals surface area contributed by atoms with Gasteiger partial charge in [0.25, 0.3) is 15.1 Å². The predicted octanol–water partition coefficient (Wildman–Crippen LogP) is 4.37. The van der Waals surface area contributed by atoms with Gasteiger partial charge in [0.2, 0.25) is 5.91 Å². The molecule has 39 heavy (non-hydrogen) atoms. The Kier molecular flexibility index (Phi) is 9.29. The lowest BCUT2D eigenvalue weighted by atomic mass is 10.1. The zero-order valence-electron chi connectivity index (χ0n) is 20.9. The Labute approximate surface area is 221 Å². The Hall–Kier alpha value is -3.98. The molecular weight excluding hydrogens is 545 g/mol. The summed E-state index contributed by atoms with van der Waals surface area (Å²) in [4.78, 5) is 26.1. The number of sulfonamides is 1. The normalized spacial score (nSPS) is 11.8. The van der Waals surface area contributed by atoms with Crippen LogP contribution in [0.2, 0.25) is 0 Å². The van der Waals surface area contributed by atoms with Crippen molar-refractivity contribution in [1.29, 1.82) is 0 Å². The van der Waals surface area contributed by atoms with Gasteiger partial charge in [-0.3, -0.25) is 4.79 Å². The highest BCUT2D eigenvalue weighted by atomic mass is 32.2. The second kappa shape index (κ2) is 12.3. The fraction of sp³-hybridized carbons (Fsp3) is 0.333. The van der Waals surface area contributed by atoms with Gasteiger partial charge in [-0.25, -0.2) is 17.4 Å². The topological polar surface area (TPSA) is 134 Å². The molecule has 0 saturated carbocycles. The lowest BCUT2D eigenvalue weighted by Crippen LogP contribution is -2.37. The van der Waals surface area contributed by atoms with Crippen molar-refractivity contribution >= 4 is 15.9 Å². The average molecular weight is 571 g/mol. The fourth-order valence-electron chi connectivity index (χ4n) is 3.46. The summed E-state index contributed by atoms with van der Waals surface area (Å²) in [5.41, 5.74) is 0.603. The quantitative estimate of drug-likeness (QED) is 0.136. The van der Waals surface area contributed by atoms with Crippen molar-refractivity contribution in [3.8, 4) is 16.9 Å². The molecule has 1 amide bonds. The van der Waals surface area contributed by atoms with Crippen molar-refractivity contribution in [2.75, 3.05) is 19.9 Å². The molecule has 0 N–H and O–H groups in total. The van der Waals surface area contributed by atoms with E-state index in [0.717, 1.165) is 35.4 Å². The van der Waals surface area contributed by atoms with Gasteiger partial charge in [0.05, 0.1) is 22.9 Å². The summed E-state index contributed by atoms with van der Waals surface area (Å²) in [7, 11) is -4.36. The van der Waals surface area contributed by atoms with Crippen LogP contribution >= 0.6 is 0 Å². The Morgan fingerprint density at radius 3 is 2.26 bits per heavy atom. The third-order valence-electron chi connectivity index (χ3n) is 5.46. The number of benzene rings is 2. The number of unbranched alkanes of at least 4 members (excludes halogenated alkanes) is 1. The molecule has 15 heteroatoms. The van der Waals surface area contributed by atoms with Crippen LogP contribution in [-0.2, 0) is 30.6 Å². The van der Waals surface area contributed by atoms with Crippen molar-refractivity contribution < 1.29 is 41.0 Å². The number of hydrogen-bond acceptors (Lipinski definition) is 8. The molecule has 0 spiro atoms. The Bertz CT molecular complexity index is 1410. The molecule has 0 aliphatic carbocycles. The van der Waals surface area contributed by atoms with E-state index in [1.54, 1.807) is 24.3 Å². The third-order valence-corrected chi connectivity index (χ3v) is 7.27. The van der Waals surface area contributed by atoms with Gasteiger partial charge in [-0.1, -0.05) is 29.8 Å². The SMILES string of the molecule is CC(=O)N(COCCCCO[N+](=O)[O-])S(=O)(=O)c1ccc(-n2nc(C(F)(F)F)cc2-c2ccc(C)cc2)cc1. The smallest absolute Gasteiger partial charge is 0.360 e. The van der Waals surface area contributed by atoms with Crippen LogP contribution in [-0.4, -0.2) is 53.4 Å². The molecule has 3 aromatic rings. The highest BCUT2D eigenvalue weighted by Gasteiger charge is 2.35. The van der Waals surface area contributed by atoms with E-state index >= 15 is 0 Å². The number of hydrogen-bond donors (Lipinski definition) is 0. The van der Waals surface area contributed by atoms with E-state index in [-0.39, 0.29) is 35.9 Å². The van der Waals surface area contributed by atoms with Crippen LogP contribution in [0.3, 0.4) is 0 Å². The van der Waals surface area contributed by atoms with E-state index in [0.29, 0.717) is 16.3 Å². The van der Waals surface area contributed by atoms with Gasteiger partial charge < -0.3 is 9.57 Å². The number of carbonyl (C=O) groups excluding carboxylic acids is 1. The number of amides is 1. The van der Waals surface area contributed by atoms with Gasteiger partial charge in [0, 0.05) is 19.1 Å². The van der Waals surface area contributed by atoms with E-state index in [1.807, 2.05) is 6.92 Å². The zero-order valence-corrected chi connectivity index (χ0v) is 21.7. The number of ether oxygens (including phenoxy) is 1. The molecule has 0 saturated heterocycles. The molecule has 1 heterocycles. The van der Waals surface area contributed by atoms with Crippen LogP contribution < -0.4 is 0 Å². The zero-order chi connectivity index (χ0) is 28.8. The highest BCUT2D eigenvalue weighted by molar-refractivity contribution is 7.89. The number of nitrogens with zero attached hydrogens (tertiary/aromatic N) is 4. The largest absolute Gasteiger partial charge is 0.435 e. The maximum Gasteiger partial charge on any atom is 0.435 e. The lowest BCUT2D eigenvalue weighted by molar-refractivity contribution is -0.757. The molecule has 2 aromatic carbocycles. The van der Waals surface area contributed by atoms with E-state index in [9.17, 15) is 36.5 Å². The first-order valence-electron chi connectivity index (χ1n) is 11.5. The summed E-state index contributed by atoms with van der Waals surface area (Å²) in [6, 6.07) is 12.6. The first-order valence-corrected chi connectivity index (χ1v) is 13.0. The van der Waals surface area contributed by atoms with Crippen molar-refractivity contribution in [2.45, 2.75) is 37.8 Å². The molecule has 210 valence electrons. The molecule has 0 radical (unpaired) electrons. The Morgan fingerprint density at radius 2 is 1.69 bits per heavy atom. The van der Waals surface area contributed by atoms with Gasteiger partial charge in [-0.2, -0.15) is 18.3 Å². The van der Waals surface area contributed by atoms with Crippen LogP contribution in [0.25, 0.3) is 16.9 Å². The van der Waals surface area contributed by atoms with Crippen molar-refractivity contribution in [2.24, 2.45) is 0 Å². The number of halogens is 3. The van der Waals surface area contributed by atoms with Crippen LogP contribution in [0.15, 0.2) is 59.5 Å². The minimum absolute atomic E-state index is 0.0158. The van der Waals surface area contributed by atoms with Crippen molar-refractivity contribution in [3.05, 3.63) is 76.0 Å². The fourth-order valence-corrected chi connectivity index (χ4v) is 4.74. The maximum atomic E-state index is 13.4. The molecule has 3 rings (SSSR count). The highest BCUT2D eigenvalue weighted by Crippen LogP contribution is 2.33. The first-order chi connectivity index (χ1) is 18.3. The summed E-state index contributed by atoms with van der Waals surface area (Å²) in [5.74, 6) is -0.820. The van der Waals surface area contributed by atoms with E-state index in [2.05, 4.69) is 9.94 Å². The minimum Gasteiger partial charge on any atom is -0.360 e. The van der Waals surface area contributed by atoms with Crippen LogP contribution in [0.1, 0.15) is 31.0 Å². The van der Waals surface area contributed by atoms with E-state index in [1.165, 1.54) is 12.1 Å². The van der Waals surface area contributed by atoms with Gasteiger partial charge in [0.15, 0.2) is 5.69 Å². The molecule has 0 unspecified atom stereocenters. The summed E-state index contributed by atoms with van der Waals surface area (Å²) in [6.45, 7) is 2.15. The predicted molar refractivity (Wildman–Crippen MR) is 131 cm³/mol. The second-order valence-corrected chi connectivity index (χ2v) is 10.2. The van der Waals surface area contributed by atoms with Crippen LogP contribution in [0, 0.1) is 17.0 Å². The summed E-state index contributed by atoms with van der Waals surface area (Å²) in [5, 5.41) is 12.9. The summed E-state index contributed by atoms with van der Waals surface area (Å²) < 4.78 is 73.3. The van der Waals surface area contributed by atoms with Crippen LogP contribution in [0.4, 0.5) is 13.2 Å². The lowest BCUT2D eigenvalue weighted by Gasteiger charge is -2.21. The molecule has 11 nitrogen and oxygen atoms in total. The number of aryl methyl sites for hydroxylation is 1. The average Bonchev–Trinajstić information content (AvgIpc) is 3.32. The second-order valence-electron chi connectivity index (χ2n) is 8.36. The van der Waals surface area contributed by atoms with Gasteiger partial charge in [0.1, 0.15) is 6.73 Å². The molecule has 0 bridgehead atoms. The van der Waals surface area contributed by atoms with E-state index < -0.39 is 39.6 Å². The molecule has 0 aliphatic rings. The number of aromatic nitrogens is 2. The molecule has 1 aromatic heterocycles. The molecule has 0 aliphatic heterocycles. The summed E-state index contributed by atoms with van der Waals surface area (Å²) in [6.07, 6.45) is -4.10. The van der Waals surface area contributed by atoms with E-state index in [4.69, 9.17) is 4.74 Å². The molecular formula is C24H25F3N4O7S. The first kappa shape index (κ1) is 29.6. The minimum atomic E-state index is -4.70. The van der Waals surface area contributed by atoms with Crippen LogP contribution in [0.5, 0.6) is 0 Å². The standard InChI is InChI=1S/C24H25F3N4O7S/c1-17-5-7-19(8-6-17)22-15-23(24(25,26)27)28-30(22)20-9-11-21(12-10-20)39(35,36)29(18(2)32)16-37-13-3-4-14-38-31(33)34/h5-12,15H,3-4,13-14,16H2,1-2H3. The van der Waals surface area contributed by atoms with Gasteiger partial charge in [-0.05, 0) is 50.1 Å². The molecule has 0 atom stereocenters. The number of alkyl halides is 3. The summed E-state index contributed by atoms with van der Waals surface area (Å²) >= 11 is 0. The Balaban J connectivity index is 1.81.